The Balaban J connectivity index is 2.29. The van der Waals surface area contributed by atoms with Crippen LogP contribution in [0.2, 0.25) is 0 Å². The highest BCUT2D eigenvalue weighted by Gasteiger charge is 2.16. The van der Waals surface area contributed by atoms with Gasteiger partial charge in [0.25, 0.3) is 5.56 Å². The molecule has 0 bridgehead atoms. The van der Waals surface area contributed by atoms with Crippen LogP contribution in [0.4, 0.5) is 0 Å². The van der Waals surface area contributed by atoms with E-state index in [1.807, 2.05) is 13.0 Å². The molecule has 0 saturated heterocycles. The van der Waals surface area contributed by atoms with Crippen molar-refractivity contribution in [2.45, 2.75) is 32.7 Å². The van der Waals surface area contributed by atoms with E-state index >= 15 is 0 Å². The van der Waals surface area contributed by atoms with Crippen molar-refractivity contribution < 1.29 is 0 Å². The lowest BCUT2D eigenvalue weighted by molar-refractivity contribution is 0.614. The average molecular weight is 240 g/mol. The van der Waals surface area contributed by atoms with E-state index in [-0.39, 0.29) is 5.56 Å². The molecule has 0 spiro atoms. The standard InChI is InChI=1S/C15H16N2O/c1-2-17-14(18)10-12-8-5-7-11-6-3-4-9-13(11)15(12)16-17/h3-4,6,9-10H,2,5,7-8H2,1H3. The van der Waals surface area contributed by atoms with Crippen LogP contribution in [-0.2, 0) is 19.4 Å². The molecule has 1 aliphatic carbocycles. The Kier molecular flexibility index (Phi) is 2.74. The van der Waals surface area contributed by atoms with Crippen LogP contribution in [0, 0.1) is 0 Å². The summed E-state index contributed by atoms with van der Waals surface area (Å²) in [4.78, 5) is 11.8. The number of nitrogens with zero attached hydrogens (tertiary/aromatic N) is 2. The first-order chi connectivity index (χ1) is 8.79. The van der Waals surface area contributed by atoms with E-state index in [2.05, 4.69) is 23.3 Å². The van der Waals surface area contributed by atoms with Gasteiger partial charge >= 0.3 is 0 Å². The number of hydrogen-bond donors (Lipinski definition) is 0. The van der Waals surface area contributed by atoms with Crippen molar-refractivity contribution in [1.82, 2.24) is 9.78 Å². The van der Waals surface area contributed by atoms with Gasteiger partial charge in [-0.25, -0.2) is 4.68 Å². The Morgan fingerprint density at radius 2 is 2.00 bits per heavy atom. The van der Waals surface area contributed by atoms with E-state index in [1.165, 1.54) is 11.1 Å². The van der Waals surface area contributed by atoms with Crippen LogP contribution in [0.3, 0.4) is 0 Å². The van der Waals surface area contributed by atoms with Gasteiger partial charge in [0.2, 0.25) is 0 Å². The van der Waals surface area contributed by atoms with Gasteiger partial charge in [-0.1, -0.05) is 24.3 Å². The molecule has 3 nitrogen and oxygen atoms in total. The van der Waals surface area contributed by atoms with Gasteiger partial charge in [-0.15, -0.1) is 0 Å². The maximum Gasteiger partial charge on any atom is 0.267 e. The van der Waals surface area contributed by atoms with Crippen LogP contribution in [0.15, 0.2) is 35.1 Å². The highest BCUT2D eigenvalue weighted by atomic mass is 16.1. The van der Waals surface area contributed by atoms with Gasteiger partial charge in [-0.3, -0.25) is 4.79 Å². The lowest BCUT2D eigenvalue weighted by Gasteiger charge is -2.10. The van der Waals surface area contributed by atoms with Gasteiger partial charge in [0.05, 0.1) is 5.69 Å². The zero-order valence-electron chi connectivity index (χ0n) is 10.5. The minimum atomic E-state index is 0.00984. The summed E-state index contributed by atoms with van der Waals surface area (Å²) in [7, 11) is 0. The van der Waals surface area contributed by atoms with E-state index < -0.39 is 0 Å². The first-order valence-electron chi connectivity index (χ1n) is 6.49. The molecule has 0 atom stereocenters. The normalized spacial score (nSPS) is 13.6. The fraction of sp³-hybridized carbons (Fsp3) is 0.333. The second-order valence-electron chi connectivity index (χ2n) is 4.68. The molecule has 18 heavy (non-hydrogen) atoms. The van der Waals surface area contributed by atoms with E-state index in [4.69, 9.17) is 0 Å². The van der Waals surface area contributed by atoms with Crippen molar-refractivity contribution >= 4 is 0 Å². The van der Waals surface area contributed by atoms with Gasteiger partial charge in [0, 0.05) is 18.2 Å². The SMILES string of the molecule is CCn1nc2c(cc1=O)CCCc1ccccc1-2. The van der Waals surface area contributed by atoms with Crippen LogP contribution in [0.1, 0.15) is 24.5 Å². The van der Waals surface area contributed by atoms with Gasteiger partial charge in [-0.2, -0.15) is 5.10 Å². The molecular weight excluding hydrogens is 224 g/mol. The summed E-state index contributed by atoms with van der Waals surface area (Å²) in [6, 6.07) is 10.1. The fourth-order valence-electron chi connectivity index (χ4n) is 2.61. The van der Waals surface area contributed by atoms with Gasteiger partial charge in [-0.05, 0) is 37.3 Å². The summed E-state index contributed by atoms with van der Waals surface area (Å²) in [6.07, 6.45) is 3.09. The number of aromatic nitrogens is 2. The van der Waals surface area contributed by atoms with Crippen molar-refractivity contribution in [1.29, 1.82) is 0 Å². The zero-order chi connectivity index (χ0) is 12.5. The second-order valence-corrected chi connectivity index (χ2v) is 4.68. The van der Waals surface area contributed by atoms with Gasteiger partial charge in [0.15, 0.2) is 0 Å². The Bertz CT molecular complexity index is 643. The molecule has 1 aromatic heterocycles. The molecule has 1 aliphatic rings. The molecule has 3 heteroatoms. The largest absolute Gasteiger partial charge is 0.268 e. The Hall–Kier alpha value is -1.90. The summed E-state index contributed by atoms with van der Waals surface area (Å²) < 4.78 is 1.54. The fourth-order valence-corrected chi connectivity index (χ4v) is 2.61. The highest BCUT2D eigenvalue weighted by molar-refractivity contribution is 5.67. The third-order valence-corrected chi connectivity index (χ3v) is 3.54. The van der Waals surface area contributed by atoms with Gasteiger partial charge in [0.1, 0.15) is 0 Å². The Morgan fingerprint density at radius 1 is 1.22 bits per heavy atom. The highest BCUT2D eigenvalue weighted by Crippen LogP contribution is 2.29. The first-order valence-corrected chi connectivity index (χ1v) is 6.49. The van der Waals surface area contributed by atoms with Crippen molar-refractivity contribution in [3.8, 4) is 11.3 Å². The number of hydrogen-bond acceptors (Lipinski definition) is 2. The van der Waals surface area contributed by atoms with Gasteiger partial charge < -0.3 is 0 Å². The van der Waals surface area contributed by atoms with Crippen LogP contribution >= 0.6 is 0 Å². The second kappa shape index (κ2) is 4.41. The van der Waals surface area contributed by atoms with Crippen molar-refractivity contribution in [3.05, 3.63) is 51.8 Å². The molecule has 0 saturated carbocycles. The average Bonchev–Trinajstić information content (AvgIpc) is 2.56. The van der Waals surface area contributed by atoms with E-state index in [0.717, 1.165) is 30.5 Å². The molecule has 0 radical (unpaired) electrons. The molecule has 0 amide bonds. The predicted molar refractivity (Wildman–Crippen MR) is 71.6 cm³/mol. The molecule has 0 fully saturated rings. The smallest absolute Gasteiger partial charge is 0.267 e. The quantitative estimate of drug-likeness (QED) is 0.767. The number of rotatable bonds is 1. The monoisotopic (exact) mass is 240 g/mol. The third kappa shape index (κ3) is 1.76. The van der Waals surface area contributed by atoms with Crippen LogP contribution in [-0.4, -0.2) is 9.78 Å². The van der Waals surface area contributed by atoms with Crippen molar-refractivity contribution in [2.24, 2.45) is 0 Å². The molecule has 0 unspecified atom stereocenters. The number of fused-ring (bicyclic) bond motifs is 3. The van der Waals surface area contributed by atoms with Crippen molar-refractivity contribution in [3.63, 3.8) is 0 Å². The summed E-state index contributed by atoms with van der Waals surface area (Å²) in [5, 5.41) is 4.54. The molecule has 0 N–H and O–H groups in total. The number of aryl methyl sites for hydroxylation is 3. The summed E-state index contributed by atoms with van der Waals surface area (Å²) in [5.74, 6) is 0. The molecule has 2 aromatic rings. The maximum atomic E-state index is 11.8. The lowest BCUT2D eigenvalue weighted by atomic mass is 10.0. The minimum Gasteiger partial charge on any atom is -0.268 e. The minimum absolute atomic E-state index is 0.00984. The molecule has 1 heterocycles. The molecule has 92 valence electrons. The van der Waals surface area contributed by atoms with Crippen LogP contribution in [0.25, 0.3) is 11.3 Å². The molecule has 1 aromatic carbocycles. The maximum absolute atomic E-state index is 11.8. The van der Waals surface area contributed by atoms with Crippen molar-refractivity contribution in [2.75, 3.05) is 0 Å². The number of benzene rings is 1. The molecule has 3 rings (SSSR count). The third-order valence-electron chi connectivity index (χ3n) is 3.54. The van der Waals surface area contributed by atoms with E-state index in [0.29, 0.717) is 6.54 Å². The predicted octanol–water partition coefficient (Wildman–Crippen LogP) is 2.42. The van der Waals surface area contributed by atoms with E-state index in [1.54, 1.807) is 10.7 Å². The summed E-state index contributed by atoms with van der Waals surface area (Å²) in [5.41, 5.74) is 4.62. The Labute approximate surface area is 106 Å². The Morgan fingerprint density at radius 3 is 2.83 bits per heavy atom. The topological polar surface area (TPSA) is 34.9 Å². The first kappa shape index (κ1) is 11.2. The van der Waals surface area contributed by atoms with Crippen LogP contribution in [0.5, 0.6) is 0 Å². The lowest BCUT2D eigenvalue weighted by Crippen LogP contribution is -2.22. The molecule has 0 aliphatic heterocycles. The van der Waals surface area contributed by atoms with Crippen LogP contribution < -0.4 is 5.56 Å². The summed E-state index contributed by atoms with van der Waals surface area (Å²) in [6.45, 7) is 2.57. The molecular formula is C15H16N2O. The van der Waals surface area contributed by atoms with E-state index in [9.17, 15) is 4.79 Å². The zero-order valence-corrected chi connectivity index (χ0v) is 10.5. The summed E-state index contributed by atoms with van der Waals surface area (Å²) >= 11 is 0.